The summed E-state index contributed by atoms with van der Waals surface area (Å²) in [7, 11) is 0. The van der Waals surface area contributed by atoms with Gasteiger partial charge in [-0.05, 0) is 67.8 Å². The number of rotatable bonds is 19. The highest BCUT2D eigenvalue weighted by molar-refractivity contribution is 5.73. The van der Waals surface area contributed by atoms with Crippen LogP contribution in [0.2, 0.25) is 0 Å². The minimum atomic E-state index is -0.0471. The highest BCUT2D eigenvalue weighted by Crippen LogP contribution is 2.25. The molecule has 6 nitrogen and oxygen atoms in total. The van der Waals surface area contributed by atoms with Gasteiger partial charge in [0.05, 0.1) is 6.61 Å². The molecule has 0 saturated heterocycles. The molecule has 0 bridgehead atoms. The predicted octanol–water partition coefficient (Wildman–Crippen LogP) is 7.56. The minimum absolute atomic E-state index is 0.0471. The third-order valence-electron chi connectivity index (χ3n) is 5.84. The van der Waals surface area contributed by atoms with Gasteiger partial charge in [0.15, 0.2) is 0 Å². The lowest BCUT2D eigenvalue weighted by atomic mass is 10.1. The van der Waals surface area contributed by atoms with Crippen LogP contribution in [0.3, 0.4) is 0 Å². The Bertz CT molecular complexity index is 793. The van der Waals surface area contributed by atoms with E-state index < -0.39 is 0 Å². The van der Waals surface area contributed by atoms with Crippen LogP contribution in [0.15, 0.2) is 48.5 Å². The summed E-state index contributed by atoms with van der Waals surface area (Å²) in [6.07, 6.45) is 14.3. The predicted molar refractivity (Wildman–Crippen MR) is 143 cm³/mol. The summed E-state index contributed by atoms with van der Waals surface area (Å²) in [4.78, 5) is 11.8. The number of urea groups is 1. The first-order valence-corrected chi connectivity index (χ1v) is 13.4. The van der Waals surface area contributed by atoms with Crippen molar-refractivity contribution in [2.24, 2.45) is 0 Å². The van der Waals surface area contributed by atoms with E-state index in [1.165, 1.54) is 44.9 Å². The zero-order valence-corrected chi connectivity index (χ0v) is 21.4. The second kappa shape index (κ2) is 18.4. The Balaban J connectivity index is 1.39. The van der Waals surface area contributed by atoms with Crippen LogP contribution in [0, 0.1) is 0 Å². The van der Waals surface area contributed by atoms with E-state index in [1.807, 2.05) is 24.3 Å². The number of carbonyl (C=O) groups is 1. The van der Waals surface area contributed by atoms with Crippen LogP contribution < -0.4 is 20.1 Å². The number of hydrogen-bond acceptors (Lipinski definition) is 4. The molecule has 0 aromatic heterocycles. The molecule has 0 aliphatic rings. The van der Waals surface area contributed by atoms with Crippen LogP contribution in [0.25, 0.3) is 0 Å². The first-order chi connectivity index (χ1) is 17.2. The number of unbranched alkanes of at least 4 members (excludes halogenated alkanes) is 10. The topological polar surface area (TPSA) is 79.8 Å². The maximum Gasteiger partial charge on any atom is 0.314 e. The summed E-state index contributed by atoms with van der Waals surface area (Å²) in [6, 6.07) is 14.1. The van der Waals surface area contributed by atoms with Crippen LogP contribution in [0.1, 0.15) is 84.0 Å². The van der Waals surface area contributed by atoms with Gasteiger partial charge in [-0.15, -0.1) is 0 Å². The van der Waals surface area contributed by atoms with E-state index in [1.54, 1.807) is 24.3 Å². The van der Waals surface area contributed by atoms with Gasteiger partial charge in [0.25, 0.3) is 0 Å². The van der Waals surface area contributed by atoms with Crippen LogP contribution in [-0.2, 0) is 0 Å². The van der Waals surface area contributed by atoms with E-state index in [0.29, 0.717) is 18.9 Å². The molecule has 2 rings (SSSR count). The summed E-state index contributed by atoms with van der Waals surface area (Å²) in [5, 5.41) is 15.2. The van der Waals surface area contributed by atoms with Crippen molar-refractivity contribution in [3.05, 3.63) is 48.5 Å². The summed E-state index contributed by atoms with van der Waals surface area (Å²) in [5.74, 6) is 2.43. The molecule has 0 heterocycles. The van der Waals surface area contributed by atoms with E-state index in [0.717, 1.165) is 50.1 Å². The number of benzene rings is 2. The van der Waals surface area contributed by atoms with Gasteiger partial charge in [-0.25, -0.2) is 4.79 Å². The second-order valence-electron chi connectivity index (χ2n) is 8.99. The lowest BCUT2D eigenvalue weighted by Gasteiger charge is -2.09. The van der Waals surface area contributed by atoms with Crippen molar-refractivity contribution in [3.8, 4) is 23.0 Å². The van der Waals surface area contributed by atoms with E-state index in [4.69, 9.17) is 9.47 Å². The third-order valence-corrected chi connectivity index (χ3v) is 5.84. The SMILES string of the molecule is CCCCCCCCCCNC(=O)NCCCCCCOc1ccc(Oc2ccc(O)cc2)cc1. The Kier molecular flexibility index (Phi) is 14.9. The molecular formula is C29H44N2O4. The first-order valence-electron chi connectivity index (χ1n) is 13.4. The number of carbonyl (C=O) groups excluding carboxylic acids is 1. The summed E-state index contributed by atoms with van der Waals surface area (Å²) in [6.45, 7) is 4.40. The number of amides is 2. The Morgan fingerprint density at radius 2 is 1.11 bits per heavy atom. The quantitative estimate of drug-likeness (QED) is 0.180. The molecule has 35 heavy (non-hydrogen) atoms. The van der Waals surface area contributed by atoms with Crippen LogP contribution in [0.5, 0.6) is 23.0 Å². The number of nitrogens with one attached hydrogen (secondary N) is 2. The molecule has 0 fully saturated rings. The molecular weight excluding hydrogens is 440 g/mol. The van der Waals surface area contributed by atoms with Gasteiger partial charge >= 0.3 is 6.03 Å². The Hall–Kier alpha value is -2.89. The highest BCUT2D eigenvalue weighted by Gasteiger charge is 2.01. The lowest BCUT2D eigenvalue weighted by molar-refractivity contribution is 0.240. The van der Waals surface area contributed by atoms with Crippen LogP contribution in [-0.4, -0.2) is 30.8 Å². The van der Waals surface area contributed by atoms with Gasteiger partial charge in [-0.3, -0.25) is 0 Å². The van der Waals surface area contributed by atoms with Crippen molar-refractivity contribution in [3.63, 3.8) is 0 Å². The largest absolute Gasteiger partial charge is 0.508 e. The van der Waals surface area contributed by atoms with Crippen molar-refractivity contribution in [1.82, 2.24) is 10.6 Å². The molecule has 0 aliphatic carbocycles. The normalized spacial score (nSPS) is 10.7. The van der Waals surface area contributed by atoms with E-state index >= 15 is 0 Å². The zero-order valence-electron chi connectivity index (χ0n) is 21.4. The number of aromatic hydroxyl groups is 1. The van der Waals surface area contributed by atoms with Gasteiger partial charge in [0.1, 0.15) is 23.0 Å². The molecule has 0 saturated carbocycles. The van der Waals surface area contributed by atoms with Gasteiger partial charge < -0.3 is 25.2 Å². The molecule has 0 atom stereocenters. The molecule has 194 valence electrons. The zero-order chi connectivity index (χ0) is 25.0. The fraction of sp³-hybridized carbons (Fsp3) is 0.552. The van der Waals surface area contributed by atoms with Gasteiger partial charge in [-0.2, -0.15) is 0 Å². The van der Waals surface area contributed by atoms with Gasteiger partial charge in [-0.1, -0.05) is 64.7 Å². The first kappa shape index (κ1) is 28.3. The highest BCUT2D eigenvalue weighted by atomic mass is 16.5. The van der Waals surface area contributed by atoms with E-state index in [9.17, 15) is 9.90 Å². The van der Waals surface area contributed by atoms with Gasteiger partial charge in [0, 0.05) is 13.1 Å². The maximum absolute atomic E-state index is 11.8. The monoisotopic (exact) mass is 484 g/mol. The van der Waals surface area contributed by atoms with Gasteiger partial charge in [0.2, 0.25) is 0 Å². The lowest BCUT2D eigenvalue weighted by Crippen LogP contribution is -2.36. The van der Waals surface area contributed by atoms with Crippen molar-refractivity contribution >= 4 is 6.03 Å². The second-order valence-corrected chi connectivity index (χ2v) is 8.99. The van der Waals surface area contributed by atoms with E-state index in [2.05, 4.69) is 17.6 Å². The summed E-state index contributed by atoms with van der Waals surface area (Å²) >= 11 is 0. The average molecular weight is 485 g/mol. The number of hydrogen-bond donors (Lipinski definition) is 3. The minimum Gasteiger partial charge on any atom is -0.508 e. The number of ether oxygens (including phenoxy) is 2. The fourth-order valence-corrected chi connectivity index (χ4v) is 3.75. The molecule has 0 unspecified atom stereocenters. The molecule has 2 amide bonds. The van der Waals surface area contributed by atoms with Crippen LogP contribution >= 0.6 is 0 Å². The van der Waals surface area contributed by atoms with E-state index in [-0.39, 0.29) is 11.8 Å². The van der Waals surface area contributed by atoms with Crippen molar-refractivity contribution < 1.29 is 19.4 Å². The summed E-state index contributed by atoms with van der Waals surface area (Å²) < 4.78 is 11.5. The summed E-state index contributed by atoms with van der Waals surface area (Å²) in [5.41, 5.74) is 0. The molecule has 3 N–H and O–H groups in total. The fourth-order valence-electron chi connectivity index (χ4n) is 3.75. The molecule has 0 radical (unpaired) electrons. The molecule has 2 aromatic carbocycles. The Morgan fingerprint density at radius 3 is 1.69 bits per heavy atom. The van der Waals surface area contributed by atoms with Crippen molar-refractivity contribution in [2.45, 2.75) is 84.0 Å². The smallest absolute Gasteiger partial charge is 0.314 e. The molecule has 2 aromatic rings. The van der Waals surface area contributed by atoms with Crippen molar-refractivity contribution in [2.75, 3.05) is 19.7 Å². The molecule has 0 aliphatic heterocycles. The Labute approximate surface area is 211 Å². The number of phenols is 1. The molecule has 0 spiro atoms. The van der Waals surface area contributed by atoms with Crippen LogP contribution in [0.4, 0.5) is 4.79 Å². The standard InChI is InChI=1S/C29H44N2O4/c1-2-3-4-5-6-7-8-11-22-30-29(33)31-23-12-9-10-13-24-34-26-18-20-28(21-19-26)35-27-16-14-25(32)15-17-27/h14-21,32H,2-13,22-24H2,1H3,(H2,30,31,33). The number of phenolic OH excluding ortho intramolecular Hbond substituents is 1. The maximum atomic E-state index is 11.8. The third kappa shape index (κ3) is 14.2. The average Bonchev–Trinajstić information content (AvgIpc) is 2.87. The molecule has 6 heteroatoms. The Morgan fingerprint density at radius 1 is 0.657 bits per heavy atom. The van der Waals surface area contributed by atoms with Crippen molar-refractivity contribution in [1.29, 1.82) is 0 Å².